The molecule has 0 spiro atoms. The van der Waals surface area contributed by atoms with Gasteiger partial charge in [-0.3, -0.25) is 4.79 Å². The third-order valence-electron chi connectivity index (χ3n) is 6.51. The first-order chi connectivity index (χ1) is 17.1. The van der Waals surface area contributed by atoms with E-state index >= 15 is 0 Å². The molecule has 0 aliphatic carbocycles. The maximum absolute atomic E-state index is 12.8. The molecule has 1 aromatic heterocycles. The van der Waals surface area contributed by atoms with E-state index in [0.717, 1.165) is 48.5 Å². The molecule has 180 valence electrons. The molecular weight excluding hydrogens is 458 g/mol. The molecule has 1 amide bonds. The van der Waals surface area contributed by atoms with E-state index in [1.165, 1.54) is 28.2 Å². The number of hydrogen-bond acceptors (Lipinski definition) is 6. The second-order valence-corrected chi connectivity index (χ2v) is 9.59. The summed E-state index contributed by atoms with van der Waals surface area (Å²) in [6.07, 6.45) is 0. The molecule has 0 bridgehead atoms. The lowest BCUT2D eigenvalue weighted by molar-refractivity contribution is -0.128. The lowest BCUT2D eigenvalue weighted by Gasteiger charge is -2.36. The number of aryl methyl sites for hydroxylation is 1. The standard InChI is InChI=1S/C27H29N5O2S/c1-20-23-11-7-6-8-21(23)12-13-24(20)34-18-25-28-29-27(30(25)2)35-19-26(33)32-16-14-31(15-17-32)22-9-4-3-5-10-22/h3-13H,14-19H2,1-2H3. The Kier molecular flexibility index (Phi) is 6.90. The number of ether oxygens (including phenoxy) is 1. The van der Waals surface area contributed by atoms with Gasteiger partial charge in [0.1, 0.15) is 12.4 Å². The second-order valence-electron chi connectivity index (χ2n) is 8.65. The Morgan fingerprint density at radius 2 is 1.69 bits per heavy atom. The third kappa shape index (κ3) is 5.12. The highest BCUT2D eigenvalue weighted by atomic mass is 32.2. The Labute approximate surface area is 209 Å². The van der Waals surface area contributed by atoms with Crippen molar-refractivity contribution in [2.75, 3.05) is 36.8 Å². The molecule has 1 saturated heterocycles. The molecule has 1 aliphatic heterocycles. The van der Waals surface area contributed by atoms with E-state index in [1.54, 1.807) is 0 Å². The van der Waals surface area contributed by atoms with Crippen LogP contribution in [0.25, 0.3) is 10.8 Å². The van der Waals surface area contributed by atoms with Crippen molar-refractivity contribution < 1.29 is 9.53 Å². The van der Waals surface area contributed by atoms with Crippen LogP contribution in [0.3, 0.4) is 0 Å². The normalized spacial score (nSPS) is 13.9. The molecule has 1 fully saturated rings. The fourth-order valence-corrected chi connectivity index (χ4v) is 5.21. The predicted molar refractivity (Wildman–Crippen MR) is 140 cm³/mol. The number of para-hydroxylation sites is 1. The summed E-state index contributed by atoms with van der Waals surface area (Å²) >= 11 is 1.42. The number of carbonyl (C=O) groups is 1. The quantitative estimate of drug-likeness (QED) is 0.362. The van der Waals surface area contributed by atoms with Crippen LogP contribution in [-0.4, -0.2) is 57.5 Å². The number of benzene rings is 3. The zero-order valence-electron chi connectivity index (χ0n) is 20.1. The summed E-state index contributed by atoms with van der Waals surface area (Å²) in [6, 6.07) is 22.7. The Morgan fingerprint density at radius 3 is 2.49 bits per heavy atom. The van der Waals surface area contributed by atoms with E-state index in [0.29, 0.717) is 12.4 Å². The fraction of sp³-hybridized carbons (Fsp3) is 0.296. The summed E-state index contributed by atoms with van der Waals surface area (Å²) < 4.78 is 7.98. The third-order valence-corrected chi connectivity index (χ3v) is 7.51. The highest BCUT2D eigenvalue weighted by molar-refractivity contribution is 7.99. The van der Waals surface area contributed by atoms with Gasteiger partial charge in [0.25, 0.3) is 0 Å². The monoisotopic (exact) mass is 487 g/mol. The Balaban J connectivity index is 1.14. The van der Waals surface area contributed by atoms with Crippen molar-refractivity contribution >= 4 is 34.1 Å². The maximum Gasteiger partial charge on any atom is 0.233 e. The topological polar surface area (TPSA) is 63.5 Å². The minimum absolute atomic E-state index is 0.135. The summed E-state index contributed by atoms with van der Waals surface area (Å²) in [6.45, 7) is 5.55. The molecule has 7 nitrogen and oxygen atoms in total. The van der Waals surface area contributed by atoms with Gasteiger partial charge in [-0.25, -0.2) is 0 Å². The van der Waals surface area contributed by atoms with Gasteiger partial charge in [0.05, 0.1) is 5.75 Å². The zero-order chi connectivity index (χ0) is 24.2. The molecular formula is C27H29N5O2S. The van der Waals surface area contributed by atoms with Crippen LogP contribution in [0.2, 0.25) is 0 Å². The summed E-state index contributed by atoms with van der Waals surface area (Å²) in [7, 11) is 1.91. The Bertz CT molecular complexity index is 1320. The SMILES string of the molecule is Cc1c(OCc2nnc(SCC(=O)N3CCN(c4ccccc4)CC3)n2C)ccc2ccccc12. The molecule has 0 atom stereocenters. The minimum atomic E-state index is 0.135. The van der Waals surface area contributed by atoms with Gasteiger partial charge in [0, 0.05) is 38.9 Å². The van der Waals surface area contributed by atoms with Gasteiger partial charge in [-0.1, -0.05) is 60.3 Å². The molecule has 5 rings (SSSR count). The van der Waals surface area contributed by atoms with Crippen molar-refractivity contribution in [2.24, 2.45) is 7.05 Å². The van der Waals surface area contributed by atoms with E-state index in [-0.39, 0.29) is 5.91 Å². The second kappa shape index (κ2) is 10.4. The molecule has 0 N–H and O–H groups in total. The van der Waals surface area contributed by atoms with Gasteiger partial charge in [-0.05, 0) is 41.5 Å². The van der Waals surface area contributed by atoms with Crippen LogP contribution in [0.5, 0.6) is 5.75 Å². The number of amides is 1. The van der Waals surface area contributed by atoms with E-state index in [2.05, 4.69) is 52.4 Å². The van der Waals surface area contributed by atoms with Gasteiger partial charge in [0.15, 0.2) is 11.0 Å². The van der Waals surface area contributed by atoms with Crippen LogP contribution in [0.1, 0.15) is 11.4 Å². The number of fused-ring (bicyclic) bond motifs is 1. The molecule has 35 heavy (non-hydrogen) atoms. The lowest BCUT2D eigenvalue weighted by Crippen LogP contribution is -2.49. The number of nitrogens with zero attached hydrogens (tertiary/aromatic N) is 5. The van der Waals surface area contributed by atoms with Crippen molar-refractivity contribution in [1.29, 1.82) is 0 Å². The van der Waals surface area contributed by atoms with Crippen molar-refractivity contribution in [2.45, 2.75) is 18.7 Å². The van der Waals surface area contributed by atoms with Gasteiger partial charge in [-0.2, -0.15) is 0 Å². The average Bonchev–Trinajstić information content (AvgIpc) is 3.26. The summed E-state index contributed by atoms with van der Waals surface area (Å²) in [5, 5.41) is 11.7. The smallest absolute Gasteiger partial charge is 0.233 e. The molecule has 0 saturated carbocycles. The number of carbonyl (C=O) groups excluding carboxylic acids is 1. The van der Waals surface area contributed by atoms with Crippen molar-refractivity contribution in [3.63, 3.8) is 0 Å². The van der Waals surface area contributed by atoms with Crippen molar-refractivity contribution in [3.8, 4) is 5.75 Å². The van der Waals surface area contributed by atoms with Crippen LogP contribution in [0, 0.1) is 6.92 Å². The maximum atomic E-state index is 12.8. The highest BCUT2D eigenvalue weighted by Gasteiger charge is 2.22. The van der Waals surface area contributed by atoms with Crippen LogP contribution < -0.4 is 9.64 Å². The first-order valence-corrected chi connectivity index (χ1v) is 12.8. The number of piperazine rings is 1. The molecule has 1 aliphatic rings. The average molecular weight is 488 g/mol. The number of thioether (sulfide) groups is 1. The molecule has 0 unspecified atom stereocenters. The number of anilines is 1. The van der Waals surface area contributed by atoms with Crippen LogP contribution in [0.4, 0.5) is 5.69 Å². The van der Waals surface area contributed by atoms with Gasteiger partial charge < -0.3 is 19.1 Å². The van der Waals surface area contributed by atoms with Gasteiger partial charge in [0.2, 0.25) is 5.91 Å². The Morgan fingerprint density at radius 1 is 0.943 bits per heavy atom. The van der Waals surface area contributed by atoms with Crippen molar-refractivity contribution in [3.05, 3.63) is 78.1 Å². The van der Waals surface area contributed by atoms with E-state index in [9.17, 15) is 4.79 Å². The largest absolute Gasteiger partial charge is 0.485 e. The Hall–Kier alpha value is -3.52. The van der Waals surface area contributed by atoms with Crippen molar-refractivity contribution in [1.82, 2.24) is 19.7 Å². The van der Waals surface area contributed by atoms with Crippen LogP contribution in [0.15, 0.2) is 71.9 Å². The zero-order valence-corrected chi connectivity index (χ0v) is 20.9. The molecule has 0 radical (unpaired) electrons. The van der Waals surface area contributed by atoms with E-state index < -0.39 is 0 Å². The van der Waals surface area contributed by atoms with Gasteiger partial charge >= 0.3 is 0 Å². The first kappa shape index (κ1) is 23.2. The number of hydrogen-bond donors (Lipinski definition) is 0. The summed E-state index contributed by atoms with van der Waals surface area (Å²) in [4.78, 5) is 17.1. The molecule has 8 heteroatoms. The summed E-state index contributed by atoms with van der Waals surface area (Å²) in [5.41, 5.74) is 2.32. The fourth-order valence-electron chi connectivity index (χ4n) is 4.37. The highest BCUT2D eigenvalue weighted by Crippen LogP contribution is 2.28. The molecule has 2 heterocycles. The summed E-state index contributed by atoms with van der Waals surface area (Å²) in [5.74, 6) is 2.05. The van der Waals surface area contributed by atoms with E-state index in [1.807, 2.05) is 52.9 Å². The minimum Gasteiger partial charge on any atom is -0.485 e. The molecule has 3 aromatic carbocycles. The van der Waals surface area contributed by atoms with Crippen LogP contribution >= 0.6 is 11.8 Å². The number of rotatable bonds is 7. The molecule has 4 aromatic rings. The first-order valence-electron chi connectivity index (χ1n) is 11.8. The van der Waals surface area contributed by atoms with E-state index in [4.69, 9.17) is 4.74 Å². The van der Waals surface area contributed by atoms with Crippen LogP contribution in [-0.2, 0) is 18.4 Å². The van der Waals surface area contributed by atoms with Gasteiger partial charge in [-0.15, -0.1) is 10.2 Å². The number of aromatic nitrogens is 3. The predicted octanol–water partition coefficient (Wildman–Crippen LogP) is 4.30. The lowest BCUT2D eigenvalue weighted by atomic mass is 10.0.